The van der Waals surface area contributed by atoms with Crippen LogP contribution in [-0.2, 0) is 23.5 Å². The molecular weight excluding hydrogens is 519 g/mol. The number of amides is 2. The van der Waals surface area contributed by atoms with E-state index in [0.29, 0.717) is 18.7 Å². The molecule has 0 aliphatic rings. The average Bonchev–Trinajstić information content (AvgIpc) is 2.83. The van der Waals surface area contributed by atoms with E-state index in [1.54, 1.807) is 0 Å². The number of nitrogens with one attached hydrogen (secondary N) is 2. The van der Waals surface area contributed by atoms with E-state index < -0.39 is 31.9 Å². The summed E-state index contributed by atoms with van der Waals surface area (Å²) in [7, 11) is -5.22. The minimum Gasteiger partial charge on any atom is -0.790 e. The van der Waals surface area contributed by atoms with Crippen LogP contribution >= 0.6 is 19.6 Å². The molecule has 10 nitrogen and oxygen atoms in total. The Morgan fingerprint density at radius 1 is 0.892 bits per heavy atom. The maximum absolute atomic E-state index is 12.0. The van der Waals surface area contributed by atoms with Crippen molar-refractivity contribution in [3.63, 3.8) is 0 Å². The maximum Gasteiger partial charge on any atom is 0.249 e. The summed E-state index contributed by atoms with van der Waals surface area (Å²) in [6.45, 7) is 4.61. The first-order valence-corrected chi connectivity index (χ1v) is 15.9. The number of hydrogen-bond acceptors (Lipinski definition) is 9. The summed E-state index contributed by atoms with van der Waals surface area (Å²) in [5.74, 6) is -0.642. The number of thioether (sulfide) groups is 1. The number of unbranched alkanes of at least 4 members (excludes halogenated alkanes) is 10. The van der Waals surface area contributed by atoms with Crippen molar-refractivity contribution in [1.29, 1.82) is 0 Å². The number of carbonyl (C=O) groups is 3. The van der Waals surface area contributed by atoms with E-state index >= 15 is 0 Å². The predicted molar refractivity (Wildman–Crippen MR) is 143 cm³/mol. The van der Waals surface area contributed by atoms with Gasteiger partial charge < -0.3 is 34.6 Å². The second kappa shape index (κ2) is 20.9. The van der Waals surface area contributed by atoms with Crippen LogP contribution in [0.5, 0.6) is 0 Å². The van der Waals surface area contributed by atoms with Crippen LogP contribution in [0.15, 0.2) is 0 Å². The molecule has 0 fully saturated rings. The highest BCUT2D eigenvalue weighted by Crippen LogP contribution is 2.31. The molecule has 0 aromatic rings. The summed E-state index contributed by atoms with van der Waals surface area (Å²) in [6.07, 6.45) is 12.5. The van der Waals surface area contributed by atoms with Gasteiger partial charge in [0.2, 0.25) is 11.8 Å². The summed E-state index contributed by atoms with van der Waals surface area (Å²) in [4.78, 5) is 57.1. The summed E-state index contributed by atoms with van der Waals surface area (Å²) in [6, 6.07) is 0. The maximum atomic E-state index is 12.0. The molecule has 0 unspecified atom stereocenters. The molecule has 0 aromatic heterocycles. The smallest absolute Gasteiger partial charge is 0.249 e. The van der Waals surface area contributed by atoms with E-state index in [9.17, 15) is 33.8 Å². The average molecular weight is 567 g/mol. The third-order valence-corrected chi connectivity index (χ3v) is 7.29. The van der Waals surface area contributed by atoms with E-state index in [0.717, 1.165) is 12.8 Å². The van der Waals surface area contributed by atoms with Crippen LogP contribution in [0.4, 0.5) is 0 Å². The molecule has 0 aromatic carbocycles. The Kier molecular flexibility index (Phi) is 20.4. The van der Waals surface area contributed by atoms with Crippen LogP contribution in [0, 0.1) is 5.41 Å². The van der Waals surface area contributed by atoms with Crippen LogP contribution in [0.2, 0.25) is 0 Å². The van der Waals surface area contributed by atoms with E-state index in [-0.39, 0.29) is 24.0 Å². The van der Waals surface area contributed by atoms with E-state index in [4.69, 9.17) is 0 Å². The van der Waals surface area contributed by atoms with Gasteiger partial charge in [0.25, 0.3) is 0 Å². The monoisotopic (exact) mass is 566 g/mol. The molecule has 0 saturated carbocycles. The fourth-order valence-electron chi connectivity index (χ4n) is 3.52. The Bertz CT molecular complexity index is 702. The number of aliphatic hydroxyl groups excluding tert-OH is 1. The summed E-state index contributed by atoms with van der Waals surface area (Å²) >= 11 is 1.21. The molecule has 218 valence electrons. The fraction of sp³-hybridized carbons (Fsp3) is 0.880. The molecule has 0 aliphatic carbocycles. The largest absolute Gasteiger partial charge is 0.790 e. The number of carbonyl (C=O) groups excluding carboxylic acids is 3. The van der Waals surface area contributed by atoms with Gasteiger partial charge in [0.15, 0.2) is 5.12 Å². The highest BCUT2D eigenvalue weighted by atomic mass is 32.2. The molecular formula is C25H47N2O8PS-2. The highest BCUT2D eigenvalue weighted by Gasteiger charge is 2.34. The first-order chi connectivity index (χ1) is 17.4. The number of rotatable bonds is 23. The Morgan fingerprint density at radius 2 is 1.43 bits per heavy atom. The lowest BCUT2D eigenvalue weighted by Gasteiger charge is -2.35. The van der Waals surface area contributed by atoms with Crippen molar-refractivity contribution < 1.29 is 38.4 Å². The molecule has 0 bridgehead atoms. The van der Waals surface area contributed by atoms with Crippen LogP contribution in [-0.4, -0.2) is 53.6 Å². The molecule has 3 N–H and O–H groups in total. The van der Waals surface area contributed by atoms with E-state index in [2.05, 4.69) is 22.1 Å². The number of phosphoric acid groups is 1. The molecule has 2 amide bonds. The first-order valence-electron chi connectivity index (χ1n) is 13.4. The van der Waals surface area contributed by atoms with E-state index in [1.807, 2.05) is 0 Å². The van der Waals surface area contributed by atoms with Crippen molar-refractivity contribution in [2.75, 3.05) is 25.4 Å². The zero-order chi connectivity index (χ0) is 28.2. The normalized spacial score (nSPS) is 12.8. The zero-order valence-electron chi connectivity index (χ0n) is 22.8. The van der Waals surface area contributed by atoms with Gasteiger partial charge in [-0.15, -0.1) is 0 Å². The third kappa shape index (κ3) is 21.6. The molecule has 1 atom stereocenters. The molecule has 0 radical (unpaired) electrons. The Balaban J connectivity index is 3.75. The molecule has 12 heteroatoms. The second-order valence-electron chi connectivity index (χ2n) is 10.0. The lowest BCUT2D eigenvalue weighted by Crippen LogP contribution is -2.46. The molecule has 0 saturated heterocycles. The molecule has 0 spiro atoms. The first kappa shape index (κ1) is 36.0. The van der Waals surface area contributed by atoms with Gasteiger partial charge in [0.05, 0.1) is 14.4 Å². The van der Waals surface area contributed by atoms with Gasteiger partial charge >= 0.3 is 0 Å². The lowest BCUT2D eigenvalue weighted by atomic mass is 9.87. The zero-order valence-corrected chi connectivity index (χ0v) is 24.5. The van der Waals surface area contributed by atoms with Gasteiger partial charge in [-0.25, -0.2) is 0 Å². The van der Waals surface area contributed by atoms with Crippen LogP contribution < -0.4 is 20.4 Å². The summed E-state index contributed by atoms with van der Waals surface area (Å²) in [5.41, 5.74) is -1.33. The van der Waals surface area contributed by atoms with Gasteiger partial charge in [-0.1, -0.05) is 96.7 Å². The summed E-state index contributed by atoms with van der Waals surface area (Å²) < 4.78 is 14.7. The van der Waals surface area contributed by atoms with Gasteiger partial charge in [0, 0.05) is 37.1 Å². The lowest BCUT2D eigenvalue weighted by molar-refractivity contribution is -0.343. The highest BCUT2D eigenvalue weighted by molar-refractivity contribution is 8.13. The van der Waals surface area contributed by atoms with Crippen molar-refractivity contribution in [2.24, 2.45) is 5.41 Å². The third-order valence-electron chi connectivity index (χ3n) is 5.91. The van der Waals surface area contributed by atoms with Crippen LogP contribution in [0.25, 0.3) is 0 Å². The van der Waals surface area contributed by atoms with Crippen molar-refractivity contribution in [2.45, 2.75) is 110 Å². The molecule has 37 heavy (non-hydrogen) atoms. The second-order valence-corrected chi connectivity index (χ2v) is 12.3. The quantitative estimate of drug-likeness (QED) is 0.124. The Morgan fingerprint density at radius 3 is 1.97 bits per heavy atom. The van der Waals surface area contributed by atoms with Gasteiger partial charge in [0.1, 0.15) is 6.10 Å². The van der Waals surface area contributed by atoms with Crippen molar-refractivity contribution >= 4 is 36.5 Å². The van der Waals surface area contributed by atoms with Gasteiger partial charge in [-0.3, -0.25) is 14.4 Å². The van der Waals surface area contributed by atoms with E-state index in [1.165, 1.54) is 83.4 Å². The number of aliphatic hydroxyl groups is 1. The van der Waals surface area contributed by atoms with Crippen molar-refractivity contribution in [3.05, 3.63) is 0 Å². The van der Waals surface area contributed by atoms with Crippen molar-refractivity contribution in [1.82, 2.24) is 10.6 Å². The van der Waals surface area contributed by atoms with Gasteiger partial charge in [-0.2, -0.15) is 0 Å². The predicted octanol–water partition coefficient (Wildman–Crippen LogP) is 2.80. The molecule has 0 rings (SSSR count). The topological polar surface area (TPSA) is 168 Å². The minimum absolute atomic E-state index is 0.0247. The van der Waals surface area contributed by atoms with Gasteiger partial charge in [-0.05, 0) is 6.42 Å². The molecule has 0 aliphatic heterocycles. The summed E-state index contributed by atoms with van der Waals surface area (Å²) in [5, 5.41) is 15.3. The van der Waals surface area contributed by atoms with Crippen molar-refractivity contribution in [3.8, 4) is 0 Å². The standard InChI is InChI=1S/C25H49N2O8PS/c1-4-5-6-7-8-9-10-11-12-13-14-15-22(29)37-19-18-26-21(28)16-17-27-24(31)23(30)25(2,3)20-35-36(32,33)34/h23,30H,4-20H2,1-3H3,(H,26,28)(H,27,31)(H2,32,33,34)/p-2/t23-/m0/s1. The molecule has 0 heterocycles. The SMILES string of the molecule is CCCCCCCCCCCCCC(=O)SCCNC(=O)CCNC(=O)[C@H](O)C(C)(C)COP(=O)([O-])[O-]. The fourth-order valence-corrected chi connectivity index (χ4v) is 4.74. The van der Waals surface area contributed by atoms with Crippen LogP contribution in [0.1, 0.15) is 104 Å². The Hall–Kier alpha value is -0.970. The number of phosphoric ester groups is 1. The number of hydrogen-bond donors (Lipinski definition) is 3. The minimum atomic E-state index is -5.22. The van der Waals surface area contributed by atoms with Crippen LogP contribution in [0.3, 0.4) is 0 Å². The Labute approximate surface area is 226 Å².